The Morgan fingerprint density at radius 3 is 2.03 bits per heavy atom. The van der Waals surface area contributed by atoms with Crippen LogP contribution < -0.4 is 15.2 Å². The maximum atomic E-state index is 13.5. The highest BCUT2D eigenvalue weighted by molar-refractivity contribution is 7.14. The Bertz CT molecular complexity index is 1620. The average Bonchev–Trinajstić information content (AvgIpc) is 3.59. The monoisotopic (exact) mass is 515 g/mol. The zero-order chi connectivity index (χ0) is 25.7. The minimum atomic E-state index is -0.352. The Hall–Kier alpha value is -5.08. The predicted octanol–water partition coefficient (Wildman–Crippen LogP) is 6.82. The summed E-state index contributed by atoms with van der Waals surface area (Å²) in [5.74, 6) is 1.10. The van der Waals surface area contributed by atoms with Crippen LogP contribution in [-0.4, -0.2) is 22.3 Å². The zero-order valence-electron chi connectivity index (χ0n) is 20.1. The van der Waals surface area contributed by atoms with E-state index in [1.54, 1.807) is 0 Å². The molecule has 5 aromatic rings. The third-order valence-electron chi connectivity index (χ3n) is 5.74. The van der Waals surface area contributed by atoms with Crippen molar-refractivity contribution in [1.29, 1.82) is 0 Å². The molecule has 1 amide bonds. The van der Waals surface area contributed by atoms with Crippen molar-refractivity contribution in [3.8, 4) is 22.8 Å². The molecule has 1 aliphatic rings. The van der Waals surface area contributed by atoms with Crippen molar-refractivity contribution in [2.75, 3.05) is 10.4 Å². The van der Waals surface area contributed by atoms with Gasteiger partial charge in [0, 0.05) is 16.5 Å². The number of hydrazone groups is 2. The van der Waals surface area contributed by atoms with Gasteiger partial charge < -0.3 is 4.74 Å². The average molecular weight is 516 g/mol. The summed E-state index contributed by atoms with van der Waals surface area (Å²) in [6.45, 7) is 0. The number of aromatic nitrogens is 1. The first-order valence-electron chi connectivity index (χ1n) is 11.9. The highest BCUT2D eigenvalue weighted by atomic mass is 32.1. The molecule has 1 aliphatic heterocycles. The number of amides is 1. The zero-order valence-corrected chi connectivity index (χ0v) is 20.9. The number of rotatable bonds is 7. The molecule has 0 bridgehead atoms. The highest BCUT2D eigenvalue weighted by Gasteiger charge is 2.35. The van der Waals surface area contributed by atoms with Gasteiger partial charge in [0.1, 0.15) is 17.2 Å². The summed E-state index contributed by atoms with van der Waals surface area (Å²) in [6.07, 6.45) is 0. The Labute approximate surface area is 223 Å². The number of carbonyl (C=O) groups excluding carboxylic acids is 1. The number of anilines is 2. The van der Waals surface area contributed by atoms with Crippen LogP contribution in [0.4, 0.5) is 10.8 Å². The van der Waals surface area contributed by atoms with Crippen molar-refractivity contribution in [3.63, 3.8) is 0 Å². The van der Waals surface area contributed by atoms with Crippen LogP contribution in [0.15, 0.2) is 131 Å². The molecule has 0 aliphatic carbocycles. The van der Waals surface area contributed by atoms with E-state index in [4.69, 9.17) is 4.74 Å². The van der Waals surface area contributed by atoms with Gasteiger partial charge >= 0.3 is 5.91 Å². The number of thiazole rings is 1. The molecule has 2 heterocycles. The van der Waals surface area contributed by atoms with Gasteiger partial charge in [0.2, 0.25) is 5.13 Å². The van der Waals surface area contributed by atoms with E-state index < -0.39 is 0 Å². The van der Waals surface area contributed by atoms with Gasteiger partial charge in [-0.1, -0.05) is 78.9 Å². The normalized spacial score (nSPS) is 14.0. The van der Waals surface area contributed by atoms with E-state index in [2.05, 4.69) is 20.6 Å². The van der Waals surface area contributed by atoms with Crippen LogP contribution >= 0.6 is 11.3 Å². The van der Waals surface area contributed by atoms with Crippen LogP contribution in [0.3, 0.4) is 0 Å². The fourth-order valence-corrected chi connectivity index (χ4v) is 4.64. The van der Waals surface area contributed by atoms with Crippen LogP contribution in [0, 0.1) is 0 Å². The third-order valence-corrected chi connectivity index (χ3v) is 6.56. The first-order chi connectivity index (χ1) is 18.7. The van der Waals surface area contributed by atoms with E-state index >= 15 is 0 Å². The van der Waals surface area contributed by atoms with Crippen molar-refractivity contribution >= 4 is 39.5 Å². The van der Waals surface area contributed by atoms with Crippen LogP contribution in [0.1, 0.15) is 5.56 Å². The topological polar surface area (TPSA) is 79.2 Å². The van der Waals surface area contributed by atoms with Gasteiger partial charge in [0.05, 0.1) is 11.4 Å². The van der Waals surface area contributed by atoms with E-state index in [9.17, 15) is 4.79 Å². The third kappa shape index (κ3) is 4.93. The summed E-state index contributed by atoms with van der Waals surface area (Å²) < 4.78 is 5.85. The van der Waals surface area contributed by atoms with Gasteiger partial charge in [-0.15, -0.1) is 11.3 Å². The van der Waals surface area contributed by atoms with Gasteiger partial charge in [-0.25, -0.2) is 4.98 Å². The maximum absolute atomic E-state index is 13.5. The first-order valence-corrected chi connectivity index (χ1v) is 12.8. The number of para-hydroxylation sites is 1. The Kier molecular flexibility index (Phi) is 6.44. The van der Waals surface area contributed by atoms with E-state index in [1.165, 1.54) is 16.3 Å². The summed E-state index contributed by atoms with van der Waals surface area (Å²) in [5, 5.41) is 12.8. The Morgan fingerprint density at radius 2 is 1.34 bits per heavy atom. The molecule has 6 rings (SSSR count). The predicted molar refractivity (Wildman–Crippen MR) is 152 cm³/mol. The molecule has 0 saturated carbocycles. The van der Waals surface area contributed by atoms with E-state index in [0.29, 0.717) is 22.3 Å². The van der Waals surface area contributed by atoms with Crippen molar-refractivity contribution < 1.29 is 9.53 Å². The van der Waals surface area contributed by atoms with E-state index in [1.807, 2.05) is 121 Å². The summed E-state index contributed by atoms with van der Waals surface area (Å²) in [5.41, 5.74) is 6.94. The number of nitrogens with one attached hydrogen (secondary N) is 1. The molecule has 7 nitrogen and oxygen atoms in total. The number of hydrogen-bond donors (Lipinski definition) is 1. The van der Waals surface area contributed by atoms with Gasteiger partial charge in [-0.3, -0.25) is 10.2 Å². The summed E-state index contributed by atoms with van der Waals surface area (Å²) in [6, 6.07) is 36.3. The lowest BCUT2D eigenvalue weighted by molar-refractivity contribution is -0.112. The molecule has 0 saturated heterocycles. The van der Waals surface area contributed by atoms with Crippen LogP contribution in [0.2, 0.25) is 0 Å². The second-order valence-corrected chi connectivity index (χ2v) is 9.16. The molecule has 184 valence electrons. The van der Waals surface area contributed by atoms with Gasteiger partial charge in [0.15, 0.2) is 5.71 Å². The largest absolute Gasteiger partial charge is 0.457 e. The Balaban J connectivity index is 1.26. The second kappa shape index (κ2) is 10.5. The number of nitrogens with zero attached hydrogens (tertiary/aromatic N) is 4. The number of benzene rings is 4. The fraction of sp³-hybridized carbons (Fsp3) is 0. The van der Waals surface area contributed by atoms with Gasteiger partial charge in [0.25, 0.3) is 0 Å². The van der Waals surface area contributed by atoms with Crippen LogP contribution in [0.25, 0.3) is 11.3 Å². The van der Waals surface area contributed by atoms with Crippen molar-refractivity contribution in [2.45, 2.75) is 0 Å². The number of ether oxygens (including phenoxy) is 1. The quantitative estimate of drug-likeness (QED) is 0.241. The lowest BCUT2D eigenvalue weighted by atomic mass is 10.1. The number of carbonyl (C=O) groups is 1. The van der Waals surface area contributed by atoms with E-state index in [0.717, 1.165) is 22.6 Å². The minimum absolute atomic E-state index is 0.206. The lowest BCUT2D eigenvalue weighted by Gasteiger charge is -2.08. The van der Waals surface area contributed by atoms with Crippen molar-refractivity contribution in [2.24, 2.45) is 10.2 Å². The van der Waals surface area contributed by atoms with Gasteiger partial charge in [-0.2, -0.15) is 15.2 Å². The first kappa shape index (κ1) is 23.3. The van der Waals surface area contributed by atoms with Crippen molar-refractivity contribution in [1.82, 2.24) is 4.98 Å². The molecule has 0 unspecified atom stereocenters. The van der Waals surface area contributed by atoms with Crippen molar-refractivity contribution in [3.05, 3.63) is 126 Å². The summed E-state index contributed by atoms with van der Waals surface area (Å²) in [4.78, 5) is 18.2. The molecular weight excluding hydrogens is 494 g/mol. The standard InChI is InChI=1S/C30H21N5O2S/c36-29-28(33-32-23-16-18-25(19-17-23)37-24-14-8-3-9-15-24)27(22-12-6-2-7-13-22)34-35(29)30-31-26(20-38-30)21-10-4-1-5-11-21/h1-20,32H/b33-28-. The Morgan fingerprint density at radius 1 is 0.737 bits per heavy atom. The molecule has 38 heavy (non-hydrogen) atoms. The fourth-order valence-electron chi connectivity index (χ4n) is 3.86. The molecule has 0 atom stereocenters. The minimum Gasteiger partial charge on any atom is -0.457 e. The maximum Gasteiger partial charge on any atom is 0.303 e. The molecule has 1 N–H and O–H groups in total. The molecule has 0 spiro atoms. The lowest BCUT2D eigenvalue weighted by Crippen LogP contribution is -2.28. The molecule has 1 aromatic heterocycles. The molecule has 0 radical (unpaired) electrons. The smallest absolute Gasteiger partial charge is 0.303 e. The molecule has 0 fully saturated rings. The molecular formula is C30H21N5O2S. The van der Waals surface area contributed by atoms with Crippen LogP contribution in [0.5, 0.6) is 11.5 Å². The number of hydrogen-bond acceptors (Lipinski definition) is 7. The molecule has 4 aromatic carbocycles. The summed E-state index contributed by atoms with van der Waals surface area (Å²) >= 11 is 1.36. The second-order valence-electron chi connectivity index (χ2n) is 8.32. The van der Waals surface area contributed by atoms with Crippen LogP contribution in [-0.2, 0) is 4.79 Å². The van der Waals surface area contributed by atoms with Gasteiger partial charge in [-0.05, 0) is 36.4 Å². The van der Waals surface area contributed by atoms with E-state index in [-0.39, 0.29) is 11.6 Å². The summed E-state index contributed by atoms with van der Waals surface area (Å²) in [7, 11) is 0. The molecule has 8 heteroatoms. The SMILES string of the molecule is O=C1/C(=N\Nc2ccc(Oc3ccccc3)cc2)C(c2ccccc2)=NN1c1nc(-c2ccccc2)cs1. The highest BCUT2D eigenvalue weighted by Crippen LogP contribution is 2.30.